The number of pyridine rings is 1. The largest absolute Gasteiger partial charge is 0.353 e. The first-order valence-electron chi connectivity index (χ1n) is 11.5. The van der Waals surface area contributed by atoms with E-state index in [0.29, 0.717) is 45.3 Å². The molecule has 0 spiro atoms. The summed E-state index contributed by atoms with van der Waals surface area (Å²) in [6.45, 7) is 1.48. The average Bonchev–Trinajstić information content (AvgIpc) is 2.85. The third-order valence-corrected chi connectivity index (χ3v) is 6.08. The fourth-order valence-corrected chi connectivity index (χ4v) is 4.20. The fourth-order valence-electron chi connectivity index (χ4n) is 4.20. The number of aryl methyl sites for hydroxylation is 1. The monoisotopic (exact) mass is 443 g/mol. The first-order chi connectivity index (χ1) is 16.1. The molecule has 2 amide bonds. The molecule has 2 heterocycles. The van der Waals surface area contributed by atoms with Gasteiger partial charge in [-0.2, -0.15) is 0 Å². The van der Waals surface area contributed by atoms with Crippen LogP contribution in [0.4, 0.5) is 0 Å². The first kappa shape index (κ1) is 22.5. The molecule has 33 heavy (non-hydrogen) atoms. The molecule has 0 bridgehead atoms. The van der Waals surface area contributed by atoms with Gasteiger partial charge in [-0.15, -0.1) is 0 Å². The standard InChI is InChI=1S/C27H29N3O3/c31-25(14-13-21-8-3-1-4-9-21)28-23-15-18-29(19-16-23)26(32)24-12-7-17-30(27(24)33)20-22-10-5-2-6-11-22/h1-12,17,23H,13-16,18-20H2,(H,28,31). The number of rotatable bonds is 7. The smallest absolute Gasteiger partial charge is 0.263 e. The van der Waals surface area contributed by atoms with Crippen molar-refractivity contribution in [3.05, 3.63) is 106 Å². The highest BCUT2D eigenvalue weighted by molar-refractivity contribution is 5.94. The molecule has 1 aliphatic heterocycles. The Balaban J connectivity index is 1.30. The van der Waals surface area contributed by atoms with E-state index >= 15 is 0 Å². The van der Waals surface area contributed by atoms with Crippen LogP contribution in [0.25, 0.3) is 0 Å². The molecule has 0 radical (unpaired) electrons. The lowest BCUT2D eigenvalue weighted by Gasteiger charge is -2.32. The van der Waals surface area contributed by atoms with E-state index in [0.717, 1.165) is 11.1 Å². The maximum absolute atomic E-state index is 13.0. The average molecular weight is 444 g/mol. The van der Waals surface area contributed by atoms with E-state index in [-0.39, 0.29) is 29.0 Å². The molecule has 6 nitrogen and oxygen atoms in total. The number of hydrogen-bond acceptors (Lipinski definition) is 3. The Labute approximate surface area is 193 Å². The minimum Gasteiger partial charge on any atom is -0.353 e. The lowest BCUT2D eigenvalue weighted by atomic mass is 10.0. The number of benzene rings is 2. The summed E-state index contributed by atoms with van der Waals surface area (Å²) in [6.07, 6.45) is 4.26. The summed E-state index contributed by atoms with van der Waals surface area (Å²) in [5.41, 5.74) is 2.07. The van der Waals surface area contributed by atoms with Gasteiger partial charge in [-0.3, -0.25) is 14.4 Å². The SMILES string of the molecule is O=C(CCc1ccccc1)NC1CCN(C(=O)c2cccn(Cc3ccccc3)c2=O)CC1. The van der Waals surface area contributed by atoms with Gasteiger partial charge in [-0.05, 0) is 42.5 Å². The summed E-state index contributed by atoms with van der Waals surface area (Å²) in [5.74, 6) is -0.202. The second-order valence-electron chi connectivity index (χ2n) is 8.46. The Bertz CT molecular complexity index is 1130. The van der Waals surface area contributed by atoms with Crippen molar-refractivity contribution in [2.45, 2.75) is 38.3 Å². The third-order valence-electron chi connectivity index (χ3n) is 6.08. The molecular formula is C27H29N3O3. The molecule has 3 aromatic rings. The molecule has 1 fully saturated rings. The maximum atomic E-state index is 13.0. The van der Waals surface area contributed by atoms with Crippen molar-refractivity contribution in [3.8, 4) is 0 Å². The lowest BCUT2D eigenvalue weighted by Crippen LogP contribution is -2.47. The molecule has 2 aromatic carbocycles. The Kier molecular flexibility index (Phi) is 7.35. The van der Waals surface area contributed by atoms with Crippen molar-refractivity contribution in [2.75, 3.05) is 13.1 Å². The van der Waals surface area contributed by atoms with Gasteiger partial charge in [0, 0.05) is 31.7 Å². The predicted molar refractivity (Wildman–Crippen MR) is 128 cm³/mol. The molecule has 0 atom stereocenters. The third kappa shape index (κ3) is 5.98. The Morgan fingerprint density at radius 1 is 0.848 bits per heavy atom. The summed E-state index contributed by atoms with van der Waals surface area (Å²) in [6, 6.07) is 23.1. The minimum absolute atomic E-state index is 0.0375. The number of amides is 2. The van der Waals surface area contributed by atoms with Crippen LogP contribution in [0.1, 0.15) is 40.7 Å². The van der Waals surface area contributed by atoms with Crippen LogP contribution in [0.5, 0.6) is 0 Å². The Morgan fingerprint density at radius 2 is 1.48 bits per heavy atom. The van der Waals surface area contributed by atoms with Crippen LogP contribution >= 0.6 is 0 Å². The summed E-state index contributed by atoms with van der Waals surface area (Å²) < 4.78 is 1.57. The number of hydrogen-bond donors (Lipinski definition) is 1. The van der Waals surface area contributed by atoms with E-state index < -0.39 is 0 Å². The van der Waals surface area contributed by atoms with Crippen molar-refractivity contribution >= 4 is 11.8 Å². The predicted octanol–water partition coefficient (Wildman–Crippen LogP) is 3.25. The van der Waals surface area contributed by atoms with Crippen LogP contribution in [-0.2, 0) is 17.8 Å². The van der Waals surface area contributed by atoms with Gasteiger partial charge in [0.1, 0.15) is 5.56 Å². The Hall–Kier alpha value is -3.67. The summed E-state index contributed by atoms with van der Waals surface area (Å²) >= 11 is 0. The number of aromatic nitrogens is 1. The van der Waals surface area contributed by atoms with E-state index in [1.54, 1.807) is 27.8 Å². The number of carbonyl (C=O) groups excluding carboxylic acids is 2. The fraction of sp³-hybridized carbons (Fsp3) is 0.296. The Morgan fingerprint density at radius 3 is 2.15 bits per heavy atom. The second-order valence-corrected chi connectivity index (χ2v) is 8.46. The summed E-state index contributed by atoms with van der Waals surface area (Å²) in [4.78, 5) is 40.0. The number of piperidine rings is 1. The van der Waals surface area contributed by atoms with Crippen molar-refractivity contribution in [3.63, 3.8) is 0 Å². The van der Waals surface area contributed by atoms with Gasteiger partial charge in [0.15, 0.2) is 0 Å². The highest BCUT2D eigenvalue weighted by atomic mass is 16.2. The van der Waals surface area contributed by atoms with E-state index in [1.165, 1.54) is 0 Å². The lowest BCUT2D eigenvalue weighted by molar-refractivity contribution is -0.122. The van der Waals surface area contributed by atoms with Crippen LogP contribution in [0.3, 0.4) is 0 Å². The number of nitrogens with zero attached hydrogens (tertiary/aromatic N) is 2. The number of nitrogens with one attached hydrogen (secondary N) is 1. The van der Waals surface area contributed by atoms with Crippen molar-refractivity contribution < 1.29 is 9.59 Å². The summed E-state index contributed by atoms with van der Waals surface area (Å²) in [7, 11) is 0. The molecular weight excluding hydrogens is 414 g/mol. The topological polar surface area (TPSA) is 71.4 Å². The van der Waals surface area contributed by atoms with E-state index in [2.05, 4.69) is 5.32 Å². The quantitative estimate of drug-likeness (QED) is 0.609. The molecule has 1 N–H and O–H groups in total. The number of likely N-dealkylation sites (tertiary alicyclic amines) is 1. The van der Waals surface area contributed by atoms with Crippen LogP contribution < -0.4 is 10.9 Å². The molecule has 0 saturated carbocycles. The maximum Gasteiger partial charge on any atom is 0.263 e. The zero-order chi connectivity index (χ0) is 23.0. The highest BCUT2D eigenvalue weighted by Crippen LogP contribution is 2.14. The van der Waals surface area contributed by atoms with Gasteiger partial charge < -0.3 is 14.8 Å². The van der Waals surface area contributed by atoms with Crippen molar-refractivity contribution in [1.29, 1.82) is 0 Å². The zero-order valence-electron chi connectivity index (χ0n) is 18.7. The molecule has 6 heteroatoms. The summed E-state index contributed by atoms with van der Waals surface area (Å²) in [5, 5.41) is 3.09. The second kappa shape index (κ2) is 10.8. The van der Waals surface area contributed by atoms with Gasteiger partial charge in [0.05, 0.1) is 6.54 Å². The van der Waals surface area contributed by atoms with Gasteiger partial charge in [0.2, 0.25) is 5.91 Å². The number of carbonyl (C=O) groups is 2. The minimum atomic E-state index is -0.275. The van der Waals surface area contributed by atoms with Crippen LogP contribution in [0.15, 0.2) is 83.8 Å². The van der Waals surface area contributed by atoms with Gasteiger partial charge in [0.25, 0.3) is 11.5 Å². The molecule has 170 valence electrons. The first-order valence-corrected chi connectivity index (χ1v) is 11.5. The van der Waals surface area contributed by atoms with Crippen LogP contribution in [-0.4, -0.2) is 40.4 Å². The van der Waals surface area contributed by atoms with Gasteiger partial charge in [-0.25, -0.2) is 0 Å². The zero-order valence-corrected chi connectivity index (χ0v) is 18.7. The van der Waals surface area contributed by atoms with E-state index in [9.17, 15) is 14.4 Å². The molecule has 1 aliphatic rings. The highest BCUT2D eigenvalue weighted by Gasteiger charge is 2.26. The van der Waals surface area contributed by atoms with E-state index in [4.69, 9.17) is 0 Å². The van der Waals surface area contributed by atoms with E-state index in [1.807, 2.05) is 60.7 Å². The molecule has 1 aromatic heterocycles. The van der Waals surface area contributed by atoms with Crippen LogP contribution in [0, 0.1) is 0 Å². The van der Waals surface area contributed by atoms with Crippen LogP contribution in [0.2, 0.25) is 0 Å². The molecule has 4 rings (SSSR count). The normalized spacial score (nSPS) is 14.1. The van der Waals surface area contributed by atoms with Crippen molar-refractivity contribution in [2.24, 2.45) is 0 Å². The van der Waals surface area contributed by atoms with Gasteiger partial charge >= 0.3 is 0 Å². The molecule has 1 saturated heterocycles. The molecule has 0 unspecified atom stereocenters. The van der Waals surface area contributed by atoms with Crippen molar-refractivity contribution in [1.82, 2.24) is 14.8 Å². The molecule has 0 aliphatic carbocycles. The van der Waals surface area contributed by atoms with Gasteiger partial charge in [-0.1, -0.05) is 60.7 Å².